The Morgan fingerprint density at radius 2 is 2.05 bits per heavy atom. The lowest BCUT2D eigenvalue weighted by molar-refractivity contribution is 0.0698. The smallest absolute Gasteiger partial charge is 0.337 e. The van der Waals surface area contributed by atoms with Gasteiger partial charge in [-0.3, -0.25) is 0 Å². The molecule has 110 valence electrons. The van der Waals surface area contributed by atoms with E-state index in [-0.39, 0.29) is 16.0 Å². The number of para-hydroxylation sites is 1. The van der Waals surface area contributed by atoms with E-state index < -0.39 is 12.0 Å². The van der Waals surface area contributed by atoms with Crippen molar-refractivity contribution in [2.75, 3.05) is 18.1 Å². The molecule has 0 saturated carbocycles. The summed E-state index contributed by atoms with van der Waals surface area (Å²) in [5.74, 6) is -1.09. The van der Waals surface area contributed by atoms with Gasteiger partial charge in [-0.05, 0) is 48.2 Å². The van der Waals surface area contributed by atoms with Gasteiger partial charge in [-0.1, -0.05) is 6.07 Å². The molecule has 0 aromatic heterocycles. The Bertz CT molecular complexity index is 520. The molecule has 0 radical (unpaired) electrons. The summed E-state index contributed by atoms with van der Waals surface area (Å²) in [4.78, 5) is 23.0. The average Bonchev–Trinajstić information content (AvgIpc) is 2.38. The highest BCUT2D eigenvalue weighted by Crippen LogP contribution is 2.26. The minimum atomic E-state index is -1.09. The van der Waals surface area contributed by atoms with Crippen LogP contribution in [0.15, 0.2) is 22.7 Å². The number of carboxylic acid groups (broad SMARTS) is 1. The van der Waals surface area contributed by atoms with E-state index in [1.54, 1.807) is 23.9 Å². The number of hydrogen-bond acceptors (Lipinski definition) is 3. The number of halogens is 1. The van der Waals surface area contributed by atoms with Crippen molar-refractivity contribution in [3.8, 4) is 0 Å². The number of amides is 2. The van der Waals surface area contributed by atoms with Gasteiger partial charge in [0.05, 0.1) is 11.3 Å². The van der Waals surface area contributed by atoms with Crippen LogP contribution in [0.3, 0.4) is 0 Å². The van der Waals surface area contributed by atoms with Crippen molar-refractivity contribution in [2.24, 2.45) is 0 Å². The second-order valence-corrected chi connectivity index (χ2v) is 7.11. The van der Waals surface area contributed by atoms with Crippen LogP contribution < -0.4 is 10.6 Å². The highest BCUT2D eigenvalue weighted by molar-refractivity contribution is 9.10. The Balaban J connectivity index is 2.79. The largest absolute Gasteiger partial charge is 0.478 e. The Hall–Kier alpha value is -1.21. The van der Waals surface area contributed by atoms with Crippen molar-refractivity contribution in [3.05, 3.63) is 28.2 Å². The normalized spacial score (nSPS) is 11.0. The summed E-state index contributed by atoms with van der Waals surface area (Å²) in [5, 5.41) is 14.4. The summed E-state index contributed by atoms with van der Waals surface area (Å²) in [5.41, 5.74) is 0.290. The summed E-state index contributed by atoms with van der Waals surface area (Å²) in [6.45, 7) is 4.50. The molecule has 0 aliphatic heterocycles. The molecule has 0 fully saturated rings. The molecular weight excluding hydrogens is 344 g/mol. The monoisotopic (exact) mass is 360 g/mol. The minimum Gasteiger partial charge on any atom is -0.478 e. The Morgan fingerprint density at radius 3 is 2.60 bits per heavy atom. The number of carboxylic acids is 1. The molecule has 0 heterocycles. The van der Waals surface area contributed by atoms with Crippen LogP contribution in [0.2, 0.25) is 0 Å². The topological polar surface area (TPSA) is 78.4 Å². The molecule has 0 bridgehead atoms. The quantitative estimate of drug-likeness (QED) is 0.751. The first-order valence-electron chi connectivity index (χ1n) is 5.88. The fourth-order valence-electron chi connectivity index (χ4n) is 1.35. The number of benzene rings is 1. The standard InChI is InChI=1S/C13H17BrN2O3S/c1-13(2,20-3)7-15-12(19)16-10-8(11(17)18)5-4-6-9(10)14/h4-6H,7H2,1-3H3,(H,17,18)(H2,15,16,19). The summed E-state index contributed by atoms with van der Waals surface area (Å²) in [6, 6.07) is 4.29. The molecule has 0 unspecified atom stereocenters. The fourth-order valence-corrected chi connectivity index (χ4v) is 2.03. The van der Waals surface area contributed by atoms with Gasteiger partial charge < -0.3 is 15.7 Å². The van der Waals surface area contributed by atoms with Crippen LogP contribution in [0.5, 0.6) is 0 Å². The van der Waals surface area contributed by atoms with Gasteiger partial charge in [0.15, 0.2) is 0 Å². The maximum atomic E-state index is 11.9. The van der Waals surface area contributed by atoms with Gasteiger partial charge in [0, 0.05) is 15.8 Å². The third-order valence-corrected chi connectivity index (χ3v) is 4.62. The number of nitrogens with one attached hydrogen (secondary N) is 2. The van der Waals surface area contributed by atoms with Gasteiger partial charge in [-0.15, -0.1) is 0 Å². The van der Waals surface area contributed by atoms with Gasteiger partial charge in [-0.2, -0.15) is 11.8 Å². The molecule has 0 atom stereocenters. The average molecular weight is 361 g/mol. The van der Waals surface area contributed by atoms with E-state index in [1.807, 2.05) is 20.1 Å². The van der Waals surface area contributed by atoms with Crippen LogP contribution in [-0.4, -0.2) is 34.7 Å². The highest BCUT2D eigenvalue weighted by atomic mass is 79.9. The van der Waals surface area contributed by atoms with E-state index in [9.17, 15) is 9.59 Å². The van der Waals surface area contributed by atoms with E-state index in [1.165, 1.54) is 6.07 Å². The van der Waals surface area contributed by atoms with Crippen LogP contribution in [0.4, 0.5) is 10.5 Å². The molecule has 1 aromatic rings. The van der Waals surface area contributed by atoms with Crippen LogP contribution in [0.25, 0.3) is 0 Å². The predicted octanol–water partition coefficient (Wildman–Crippen LogP) is 3.41. The number of thioether (sulfide) groups is 1. The van der Waals surface area contributed by atoms with Gasteiger partial charge >= 0.3 is 12.0 Å². The first kappa shape index (κ1) is 16.8. The summed E-state index contributed by atoms with van der Waals surface area (Å²) >= 11 is 4.88. The molecule has 5 nitrogen and oxygen atoms in total. The zero-order valence-electron chi connectivity index (χ0n) is 11.5. The van der Waals surface area contributed by atoms with E-state index in [0.717, 1.165) is 0 Å². The number of carbonyl (C=O) groups is 2. The van der Waals surface area contributed by atoms with Crippen molar-refractivity contribution in [1.29, 1.82) is 0 Å². The predicted molar refractivity (Wildman–Crippen MR) is 85.7 cm³/mol. The highest BCUT2D eigenvalue weighted by Gasteiger charge is 2.19. The SMILES string of the molecule is CSC(C)(C)CNC(=O)Nc1c(Br)cccc1C(=O)O. The molecule has 2 amide bonds. The maximum absolute atomic E-state index is 11.9. The third kappa shape index (κ3) is 4.72. The lowest BCUT2D eigenvalue weighted by Crippen LogP contribution is -2.38. The van der Waals surface area contributed by atoms with Gasteiger partial charge in [0.1, 0.15) is 0 Å². The number of urea groups is 1. The van der Waals surface area contributed by atoms with Crippen LogP contribution in [0, 0.1) is 0 Å². The summed E-state index contributed by atoms with van der Waals surface area (Å²) in [7, 11) is 0. The Morgan fingerprint density at radius 1 is 1.40 bits per heavy atom. The number of aromatic carboxylic acids is 1. The molecule has 0 saturated heterocycles. The van der Waals surface area contributed by atoms with Crippen molar-refractivity contribution >= 4 is 45.4 Å². The minimum absolute atomic E-state index is 0.0404. The molecule has 1 rings (SSSR count). The zero-order chi connectivity index (χ0) is 15.3. The van der Waals surface area contributed by atoms with Crippen molar-refractivity contribution in [3.63, 3.8) is 0 Å². The molecule has 7 heteroatoms. The van der Waals surface area contributed by atoms with Gasteiger partial charge in [0.25, 0.3) is 0 Å². The second-order valence-electron chi connectivity index (χ2n) is 4.74. The number of hydrogen-bond donors (Lipinski definition) is 3. The number of anilines is 1. The van der Waals surface area contributed by atoms with E-state index >= 15 is 0 Å². The Labute approximate surface area is 130 Å². The van der Waals surface area contributed by atoms with Gasteiger partial charge in [0.2, 0.25) is 0 Å². The van der Waals surface area contributed by atoms with Crippen LogP contribution in [0.1, 0.15) is 24.2 Å². The zero-order valence-corrected chi connectivity index (χ0v) is 13.9. The maximum Gasteiger partial charge on any atom is 0.337 e. The van der Waals surface area contributed by atoms with Crippen LogP contribution in [-0.2, 0) is 0 Å². The molecule has 20 heavy (non-hydrogen) atoms. The van der Waals surface area contributed by atoms with E-state index in [0.29, 0.717) is 11.0 Å². The van der Waals surface area contributed by atoms with Crippen molar-refractivity contribution in [1.82, 2.24) is 5.32 Å². The molecule has 0 spiro atoms. The fraction of sp³-hybridized carbons (Fsp3) is 0.385. The van der Waals surface area contributed by atoms with E-state index in [2.05, 4.69) is 26.6 Å². The van der Waals surface area contributed by atoms with Gasteiger partial charge in [-0.25, -0.2) is 9.59 Å². The molecule has 1 aromatic carbocycles. The summed E-state index contributed by atoms with van der Waals surface area (Å²) in [6.07, 6.45) is 1.97. The van der Waals surface area contributed by atoms with Crippen molar-refractivity contribution < 1.29 is 14.7 Å². The van der Waals surface area contributed by atoms with Crippen LogP contribution >= 0.6 is 27.7 Å². The number of carbonyl (C=O) groups excluding carboxylic acids is 1. The molecule has 3 N–H and O–H groups in total. The first-order valence-corrected chi connectivity index (χ1v) is 7.90. The molecule has 0 aliphatic carbocycles. The molecule has 0 aliphatic rings. The van der Waals surface area contributed by atoms with E-state index in [4.69, 9.17) is 5.11 Å². The second kappa shape index (κ2) is 6.99. The van der Waals surface area contributed by atoms with Crippen molar-refractivity contribution in [2.45, 2.75) is 18.6 Å². The Kier molecular flexibility index (Phi) is 5.88. The summed E-state index contributed by atoms with van der Waals surface area (Å²) < 4.78 is 0.442. The lowest BCUT2D eigenvalue weighted by atomic mass is 10.2. The number of rotatable bonds is 5. The lowest BCUT2D eigenvalue weighted by Gasteiger charge is -2.22. The third-order valence-electron chi connectivity index (χ3n) is 2.71. The molecular formula is C13H17BrN2O3S. The first-order chi connectivity index (χ1) is 9.26.